The van der Waals surface area contributed by atoms with Crippen LogP contribution in [-0.2, 0) is 20.8 Å². The highest BCUT2D eigenvalue weighted by Crippen LogP contribution is 2.33. The van der Waals surface area contributed by atoms with Crippen LogP contribution in [0.15, 0.2) is 47.4 Å². The minimum atomic E-state index is -4.86. The summed E-state index contributed by atoms with van der Waals surface area (Å²) < 4.78 is 76.2. The Balaban J connectivity index is 2.18. The standard InChI is InChI=1S/C17H12F4N2O4S/c18-11-2-1-3-13(6-11)28(26,27)9-15(24)16(25)23-12-5-4-10(8-22)14(7-12)17(19,20)21/h1-7,15,24H,9H2,(H,23,25)/t15-/m0/s1. The van der Waals surface area contributed by atoms with Crippen molar-refractivity contribution in [2.45, 2.75) is 17.2 Å². The first kappa shape index (κ1) is 21.3. The van der Waals surface area contributed by atoms with Crippen LogP contribution in [0.1, 0.15) is 11.1 Å². The number of aliphatic hydroxyl groups excluding tert-OH is 1. The zero-order valence-electron chi connectivity index (χ0n) is 13.9. The molecule has 0 fully saturated rings. The second-order valence-corrected chi connectivity index (χ2v) is 7.65. The van der Waals surface area contributed by atoms with Gasteiger partial charge in [-0.25, -0.2) is 12.8 Å². The van der Waals surface area contributed by atoms with Crippen LogP contribution in [0.4, 0.5) is 23.2 Å². The number of aliphatic hydroxyl groups is 1. The molecule has 0 spiro atoms. The fourth-order valence-corrected chi connectivity index (χ4v) is 3.56. The van der Waals surface area contributed by atoms with E-state index in [-0.39, 0.29) is 0 Å². The van der Waals surface area contributed by atoms with Crippen molar-refractivity contribution in [3.05, 3.63) is 59.4 Å². The monoisotopic (exact) mass is 416 g/mol. The van der Waals surface area contributed by atoms with E-state index in [0.717, 1.165) is 30.3 Å². The van der Waals surface area contributed by atoms with E-state index in [4.69, 9.17) is 5.26 Å². The predicted molar refractivity (Wildman–Crippen MR) is 89.2 cm³/mol. The Morgan fingerprint density at radius 3 is 2.46 bits per heavy atom. The summed E-state index contributed by atoms with van der Waals surface area (Å²) in [4.78, 5) is 11.5. The van der Waals surface area contributed by atoms with Gasteiger partial charge < -0.3 is 10.4 Å². The van der Waals surface area contributed by atoms with E-state index < -0.39 is 61.3 Å². The first-order chi connectivity index (χ1) is 12.9. The minimum Gasteiger partial charge on any atom is -0.382 e. The molecular formula is C17H12F4N2O4S. The number of hydrogen-bond donors (Lipinski definition) is 2. The molecule has 0 radical (unpaired) electrons. The lowest BCUT2D eigenvalue weighted by molar-refractivity contribution is -0.137. The van der Waals surface area contributed by atoms with Gasteiger partial charge in [-0.3, -0.25) is 4.79 Å². The van der Waals surface area contributed by atoms with Crippen LogP contribution in [0.25, 0.3) is 0 Å². The van der Waals surface area contributed by atoms with Crippen LogP contribution >= 0.6 is 0 Å². The van der Waals surface area contributed by atoms with Crippen LogP contribution in [0, 0.1) is 17.1 Å². The van der Waals surface area contributed by atoms with Crippen molar-refractivity contribution in [2.75, 3.05) is 11.1 Å². The van der Waals surface area contributed by atoms with Gasteiger partial charge in [0.2, 0.25) is 0 Å². The Kier molecular flexibility index (Phi) is 6.06. The first-order valence-corrected chi connectivity index (χ1v) is 9.18. The Morgan fingerprint density at radius 2 is 1.89 bits per heavy atom. The summed E-state index contributed by atoms with van der Waals surface area (Å²) in [5.74, 6) is -3.22. The van der Waals surface area contributed by atoms with Gasteiger partial charge in [0.15, 0.2) is 9.84 Å². The molecule has 2 rings (SSSR count). The quantitative estimate of drug-likeness (QED) is 0.729. The molecule has 0 aliphatic carbocycles. The molecule has 0 aliphatic heterocycles. The topological polar surface area (TPSA) is 107 Å². The Bertz CT molecular complexity index is 1050. The van der Waals surface area contributed by atoms with Crippen LogP contribution in [0.3, 0.4) is 0 Å². The van der Waals surface area contributed by atoms with Crippen molar-refractivity contribution < 1.29 is 35.9 Å². The van der Waals surface area contributed by atoms with Gasteiger partial charge in [-0.1, -0.05) is 6.07 Å². The van der Waals surface area contributed by atoms with Gasteiger partial charge in [-0.05, 0) is 36.4 Å². The van der Waals surface area contributed by atoms with Crippen LogP contribution in [0.5, 0.6) is 0 Å². The normalized spacial score (nSPS) is 12.9. The van der Waals surface area contributed by atoms with Crippen LogP contribution in [0.2, 0.25) is 0 Å². The number of anilines is 1. The summed E-state index contributed by atoms with van der Waals surface area (Å²) in [6.45, 7) is 0. The molecule has 0 saturated heterocycles. The number of carbonyl (C=O) groups excluding carboxylic acids is 1. The highest BCUT2D eigenvalue weighted by Gasteiger charge is 2.34. The summed E-state index contributed by atoms with van der Waals surface area (Å²) in [7, 11) is -4.24. The summed E-state index contributed by atoms with van der Waals surface area (Å²) in [6.07, 6.45) is -6.98. The zero-order chi connectivity index (χ0) is 21.1. The number of nitrogens with one attached hydrogen (secondary N) is 1. The molecule has 0 unspecified atom stereocenters. The van der Waals surface area contributed by atoms with Crippen molar-refractivity contribution in [3.63, 3.8) is 0 Å². The number of benzene rings is 2. The second-order valence-electron chi connectivity index (χ2n) is 5.61. The summed E-state index contributed by atoms with van der Waals surface area (Å²) in [5, 5.41) is 20.5. The average Bonchev–Trinajstić information content (AvgIpc) is 2.60. The van der Waals surface area contributed by atoms with Crippen LogP contribution in [-0.4, -0.2) is 31.3 Å². The van der Waals surface area contributed by atoms with E-state index in [2.05, 4.69) is 0 Å². The number of carbonyl (C=O) groups is 1. The maximum atomic E-state index is 13.2. The molecule has 0 saturated carbocycles. The molecule has 0 bridgehead atoms. The van der Waals surface area contributed by atoms with E-state index in [0.29, 0.717) is 12.1 Å². The lowest BCUT2D eigenvalue weighted by atomic mass is 10.1. The molecule has 2 N–H and O–H groups in total. The molecule has 28 heavy (non-hydrogen) atoms. The fraction of sp³-hybridized carbons (Fsp3) is 0.176. The lowest BCUT2D eigenvalue weighted by Crippen LogP contribution is -2.34. The Hall–Kier alpha value is -2.97. The SMILES string of the molecule is N#Cc1ccc(NC(=O)[C@@H](O)CS(=O)(=O)c2cccc(F)c2)cc1C(F)(F)F. The summed E-state index contributed by atoms with van der Waals surface area (Å²) >= 11 is 0. The molecule has 148 valence electrons. The highest BCUT2D eigenvalue weighted by molar-refractivity contribution is 7.91. The van der Waals surface area contributed by atoms with E-state index >= 15 is 0 Å². The van der Waals surface area contributed by atoms with Crippen molar-refractivity contribution in [2.24, 2.45) is 0 Å². The number of halogens is 4. The largest absolute Gasteiger partial charge is 0.417 e. The minimum absolute atomic E-state index is 0.390. The third-order valence-corrected chi connectivity index (χ3v) is 5.27. The molecular weight excluding hydrogens is 404 g/mol. The molecule has 0 aromatic heterocycles. The third-order valence-electron chi connectivity index (χ3n) is 3.55. The predicted octanol–water partition coefficient (Wildman–Crippen LogP) is 2.49. The Morgan fingerprint density at radius 1 is 1.21 bits per heavy atom. The van der Waals surface area contributed by atoms with Crippen molar-refractivity contribution in [1.29, 1.82) is 5.26 Å². The maximum absolute atomic E-state index is 13.2. The van der Waals surface area contributed by atoms with Gasteiger partial charge in [0.25, 0.3) is 5.91 Å². The highest BCUT2D eigenvalue weighted by atomic mass is 32.2. The number of hydrogen-bond acceptors (Lipinski definition) is 5. The zero-order valence-corrected chi connectivity index (χ0v) is 14.7. The second kappa shape index (κ2) is 7.95. The van der Waals surface area contributed by atoms with Crippen molar-refractivity contribution in [3.8, 4) is 6.07 Å². The van der Waals surface area contributed by atoms with Crippen LogP contribution < -0.4 is 5.32 Å². The van der Waals surface area contributed by atoms with E-state index in [1.807, 2.05) is 5.32 Å². The number of amides is 1. The lowest BCUT2D eigenvalue weighted by Gasteiger charge is -2.14. The van der Waals surface area contributed by atoms with Gasteiger partial charge in [0.05, 0.1) is 27.8 Å². The van der Waals surface area contributed by atoms with E-state index in [1.54, 1.807) is 0 Å². The number of sulfone groups is 1. The molecule has 1 amide bonds. The maximum Gasteiger partial charge on any atom is 0.417 e. The van der Waals surface area contributed by atoms with E-state index in [1.165, 1.54) is 6.07 Å². The number of rotatable bonds is 5. The van der Waals surface area contributed by atoms with Gasteiger partial charge in [0, 0.05) is 5.69 Å². The average molecular weight is 416 g/mol. The molecule has 2 aromatic rings. The summed E-state index contributed by atoms with van der Waals surface area (Å²) in [5.41, 5.74) is -2.35. The molecule has 6 nitrogen and oxygen atoms in total. The number of nitrogens with zero attached hydrogens (tertiary/aromatic N) is 1. The van der Waals surface area contributed by atoms with Crippen molar-refractivity contribution in [1.82, 2.24) is 0 Å². The third kappa shape index (κ3) is 5.05. The number of nitriles is 1. The van der Waals surface area contributed by atoms with Gasteiger partial charge >= 0.3 is 6.18 Å². The fourth-order valence-electron chi connectivity index (χ4n) is 2.22. The molecule has 2 aromatic carbocycles. The first-order valence-electron chi connectivity index (χ1n) is 7.52. The van der Waals surface area contributed by atoms with Gasteiger partial charge in [0.1, 0.15) is 11.9 Å². The Labute approximate surface area is 156 Å². The molecule has 11 heteroatoms. The van der Waals surface area contributed by atoms with Gasteiger partial charge in [-0.2, -0.15) is 18.4 Å². The van der Waals surface area contributed by atoms with Crippen molar-refractivity contribution >= 4 is 21.4 Å². The van der Waals surface area contributed by atoms with E-state index in [9.17, 15) is 35.9 Å². The van der Waals surface area contributed by atoms with Gasteiger partial charge in [-0.15, -0.1) is 0 Å². The molecule has 1 atom stereocenters. The number of alkyl halides is 3. The smallest absolute Gasteiger partial charge is 0.382 e. The molecule has 0 aliphatic rings. The summed E-state index contributed by atoms with van der Waals surface area (Å²) in [6, 6.07) is 7.59. The molecule has 0 heterocycles.